The Labute approximate surface area is 122 Å². The molecular weight excluding hydrogens is 312 g/mol. The van der Waals surface area contributed by atoms with Gasteiger partial charge >= 0.3 is 0 Å². The van der Waals surface area contributed by atoms with E-state index in [1.807, 2.05) is 6.07 Å². The lowest BCUT2D eigenvalue weighted by Gasteiger charge is -2.51. The van der Waals surface area contributed by atoms with Gasteiger partial charge in [-0.15, -0.1) is 11.6 Å². The maximum Gasteiger partial charge on any atom is 0.122 e. The predicted molar refractivity (Wildman–Crippen MR) is 78.5 cm³/mol. The summed E-state index contributed by atoms with van der Waals surface area (Å²) in [5, 5.41) is 0.320. The average molecular weight is 330 g/mol. The highest BCUT2D eigenvalue weighted by Gasteiger charge is 2.57. The van der Waals surface area contributed by atoms with Gasteiger partial charge < -0.3 is 4.74 Å². The van der Waals surface area contributed by atoms with Gasteiger partial charge in [0.05, 0.1) is 0 Å². The normalized spacial score (nSPS) is 29.3. The van der Waals surface area contributed by atoms with Crippen molar-refractivity contribution >= 4 is 27.5 Å². The van der Waals surface area contributed by atoms with Gasteiger partial charge in [0.2, 0.25) is 0 Å². The summed E-state index contributed by atoms with van der Waals surface area (Å²) >= 11 is 9.94. The van der Waals surface area contributed by atoms with Gasteiger partial charge in [-0.05, 0) is 43.5 Å². The van der Waals surface area contributed by atoms with E-state index in [0.717, 1.165) is 16.6 Å². The molecule has 0 radical (unpaired) electrons. The topological polar surface area (TPSA) is 9.23 Å². The molecule has 0 N–H and O–H groups in total. The molecule has 1 aromatic carbocycles. The van der Waals surface area contributed by atoms with E-state index in [1.165, 1.54) is 31.2 Å². The van der Waals surface area contributed by atoms with Crippen LogP contribution in [0, 0.1) is 12.3 Å². The molecule has 0 saturated heterocycles. The van der Waals surface area contributed by atoms with E-state index in [4.69, 9.17) is 16.3 Å². The van der Waals surface area contributed by atoms with Gasteiger partial charge in [-0.2, -0.15) is 0 Å². The van der Waals surface area contributed by atoms with Crippen LogP contribution >= 0.6 is 27.5 Å². The standard InChI is InChI=1S/C15H18BrClO/c1-10-8-11(16)4-5-12(10)18-14-9-13(17)15(14)6-2-3-7-15/h4-5,8,13-14H,2-3,6-7,9H2,1H3. The molecule has 18 heavy (non-hydrogen) atoms. The van der Waals surface area contributed by atoms with Gasteiger partial charge in [-0.3, -0.25) is 0 Å². The minimum absolute atomic E-state index is 0.265. The maximum absolute atomic E-state index is 6.45. The molecule has 2 aliphatic rings. The lowest BCUT2D eigenvalue weighted by Crippen LogP contribution is -2.55. The van der Waals surface area contributed by atoms with E-state index in [2.05, 4.69) is 35.0 Å². The van der Waals surface area contributed by atoms with Crippen LogP contribution in [-0.2, 0) is 0 Å². The van der Waals surface area contributed by atoms with Crippen LogP contribution < -0.4 is 4.74 Å². The maximum atomic E-state index is 6.45. The van der Waals surface area contributed by atoms with E-state index in [0.29, 0.717) is 11.5 Å². The number of hydrogen-bond acceptors (Lipinski definition) is 1. The average Bonchev–Trinajstić information content (AvgIpc) is 2.83. The third-order valence-electron chi connectivity index (χ3n) is 4.63. The summed E-state index contributed by atoms with van der Waals surface area (Å²) in [4.78, 5) is 0. The van der Waals surface area contributed by atoms with Crippen molar-refractivity contribution in [2.45, 2.75) is 50.5 Å². The van der Waals surface area contributed by atoms with Gasteiger partial charge in [-0.25, -0.2) is 0 Å². The molecule has 2 fully saturated rings. The van der Waals surface area contributed by atoms with Crippen LogP contribution in [0.1, 0.15) is 37.7 Å². The molecule has 98 valence electrons. The summed E-state index contributed by atoms with van der Waals surface area (Å²) in [6.45, 7) is 2.10. The van der Waals surface area contributed by atoms with Crippen molar-refractivity contribution in [1.29, 1.82) is 0 Å². The second kappa shape index (κ2) is 4.72. The Kier molecular flexibility index (Phi) is 3.36. The third-order valence-corrected chi connectivity index (χ3v) is 5.73. The first kappa shape index (κ1) is 12.8. The first-order valence-corrected chi connectivity index (χ1v) is 7.92. The second-order valence-electron chi connectivity index (χ2n) is 5.66. The molecule has 0 aliphatic heterocycles. The largest absolute Gasteiger partial charge is 0.489 e. The minimum Gasteiger partial charge on any atom is -0.489 e. The van der Waals surface area contributed by atoms with Crippen LogP contribution in [0.3, 0.4) is 0 Å². The molecule has 0 bridgehead atoms. The fraction of sp³-hybridized carbons (Fsp3) is 0.600. The molecule has 2 unspecified atom stereocenters. The zero-order valence-electron chi connectivity index (χ0n) is 10.6. The molecule has 1 nitrogen and oxygen atoms in total. The van der Waals surface area contributed by atoms with Gasteiger partial charge in [0, 0.05) is 21.7 Å². The summed E-state index contributed by atoms with van der Waals surface area (Å²) in [6, 6.07) is 6.21. The summed E-state index contributed by atoms with van der Waals surface area (Å²) in [6.07, 6.45) is 6.41. The van der Waals surface area contributed by atoms with Crippen LogP contribution in [0.2, 0.25) is 0 Å². The number of halogens is 2. The Morgan fingerprint density at radius 1 is 1.33 bits per heavy atom. The van der Waals surface area contributed by atoms with Crippen LogP contribution in [0.15, 0.2) is 22.7 Å². The van der Waals surface area contributed by atoms with Crippen LogP contribution in [0.5, 0.6) is 5.75 Å². The Bertz CT molecular complexity index is 454. The number of hydrogen-bond donors (Lipinski definition) is 0. The zero-order chi connectivity index (χ0) is 12.8. The Hall–Kier alpha value is -0.210. The molecule has 2 aliphatic carbocycles. The minimum atomic E-state index is 0.265. The number of alkyl halides is 1. The van der Waals surface area contributed by atoms with Crippen molar-refractivity contribution in [3.8, 4) is 5.75 Å². The number of aryl methyl sites for hydroxylation is 1. The second-order valence-corrected chi connectivity index (χ2v) is 7.10. The summed E-state index contributed by atoms with van der Waals surface area (Å²) in [7, 11) is 0. The molecule has 0 aromatic heterocycles. The molecule has 0 amide bonds. The molecule has 3 heteroatoms. The van der Waals surface area contributed by atoms with Crippen molar-refractivity contribution < 1.29 is 4.74 Å². The smallest absolute Gasteiger partial charge is 0.122 e. The van der Waals surface area contributed by atoms with E-state index < -0.39 is 0 Å². The van der Waals surface area contributed by atoms with E-state index in [1.54, 1.807) is 0 Å². The Morgan fingerprint density at radius 2 is 2.06 bits per heavy atom. The van der Waals surface area contributed by atoms with E-state index >= 15 is 0 Å². The van der Waals surface area contributed by atoms with Crippen molar-refractivity contribution in [3.05, 3.63) is 28.2 Å². The first-order valence-electron chi connectivity index (χ1n) is 6.69. The van der Waals surface area contributed by atoms with Crippen molar-refractivity contribution in [2.75, 3.05) is 0 Å². The SMILES string of the molecule is Cc1cc(Br)ccc1OC1CC(Cl)C12CCCC2. The van der Waals surface area contributed by atoms with Gasteiger partial charge in [0.25, 0.3) is 0 Å². The fourth-order valence-electron chi connectivity index (χ4n) is 3.43. The zero-order valence-corrected chi connectivity index (χ0v) is 12.9. The number of benzene rings is 1. The van der Waals surface area contributed by atoms with Gasteiger partial charge in [0.1, 0.15) is 11.9 Å². The summed E-state index contributed by atoms with van der Waals surface area (Å²) < 4.78 is 7.34. The molecule has 3 rings (SSSR count). The van der Waals surface area contributed by atoms with Crippen LogP contribution in [0.4, 0.5) is 0 Å². The highest BCUT2D eigenvalue weighted by Crippen LogP contribution is 2.57. The molecule has 1 aromatic rings. The quantitative estimate of drug-likeness (QED) is 0.688. The number of ether oxygens (including phenoxy) is 1. The molecular formula is C15H18BrClO. The lowest BCUT2D eigenvalue weighted by molar-refractivity contribution is -0.0359. The Morgan fingerprint density at radius 3 is 2.67 bits per heavy atom. The van der Waals surface area contributed by atoms with Crippen LogP contribution in [0.25, 0.3) is 0 Å². The van der Waals surface area contributed by atoms with E-state index in [9.17, 15) is 0 Å². The number of rotatable bonds is 2. The monoisotopic (exact) mass is 328 g/mol. The van der Waals surface area contributed by atoms with Gasteiger partial charge in [-0.1, -0.05) is 28.8 Å². The highest BCUT2D eigenvalue weighted by atomic mass is 79.9. The molecule has 0 heterocycles. The molecule has 2 saturated carbocycles. The molecule has 2 atom stereocenters. The Balaban J connectivity index is 1.77. The predicted octanol–water partition coefficient (Wildman–Crippen LogP) is 5.08. The van der Waals surface area contributed by atoms with Crippen LogP contribution in [-0.4, -0.2) is 11.5 Å². The van der Waals surface area contributed by atoms with E-state index in [-0.39, 0.29) is 5.41 Å². The van der Waals surface area contributed by atoms with Crippen molar-refractivity contribution in [1.82, 2.24) is 0 Å². The van der Waals surface area contributed by atoms with Gasteiger partial charge in [0.15, 0.2) is 0 Å². The first-order chi connectivity index (χ1) is 8.62. The lowest BCUT2D eigenvalue weighted by atomic mass is 9.64. The third kappa shape index (κ3) is 1.98. The highest BCUT2D eigenvalue weighted by molar-refractivity contribution is 9.10. The summed E-state index contributed by atoms with van der Waals surface area (Å²) in [5.74, 6) is 1.01. The summed E-state index contributed by atoms with van der Waals surface area (Å²) in [5.41, 5.74) is 1.46. The van der Waals surface area contributed by atoms with Crippen molar-refractivity contribution in [2.24, 2.45) is 5.41 Å². The fourth-order valence-corrected chi connectivity index (χ4v) is 4.43. The van der Waals surface area contributed by atoms with Crippen molar-refractivity contribution in [3.63, 3.8) is 0 Å². The molecule has 1 spiro atoms.